The maximum absolute atomic E-state index is 12.5. The summed E-state index contributed by atoms with van der Waals surface area (Å²) < 4.78 is 27.2. The molecule has 1 aliphatic heterocycles. The molecule has 0 spiro atoms. The molecule has 0 N–H and O–H groups in total. The third kappa shape index (κ3) is 3.53. The molecule has 7 heteroatoms. The molecule has 2 rings (SSSR count). The van der Waals surface area contributed by atoms with Crippen LogP contribution >= 0.6 is 43.5 Å². The van der Waals surface area contributed by atoms with Crippen molar-refractivity contribution in [3.63, 3.8) is 0 Å². The number of hydrogen-bond acceptors (Lipinski definition) is 2. The third-order valence-corrected chi connectivity index (χ3v) is 7.34. The Morgan fingerprint density at radius 2 is 1.95 bits per heavy atom. The van der Waals surface area contributed by atoms with E-state index in [9.17, 15) is 8.42 Å². The minimum absolute atomic E-state index is 0.293. The molecule has 19 heavy (non-hydrogen) atoms. The van der Waals surface area contributed by atoms with Gasteiger partial charge in [-0.1, -0.05) is 27.5 Å². The predicted octanol–water partition coefficient (Wildman–Crippen LogP) is 3.90. The van der Waals surface area contributed by atoms with Crippen molar-refractivity contribution in [3.05, 3.63) is 27.7 Å². The maximum atomic E-state index is 12.5. The van der Waals surface area contributed by atoms with Gasteiger partial charge in [0, 0.05) is 22.9 Å². The molecule has 0 saturated carbocycles. The molecule has 0 aliphatic carbocycles. The Bertz CT molecular complexity index is 557. The van der Waals surface area contributed by atoms with Crippen LogP contribution in [-0.4, -0.2) is 31.1 Å². The van der Waals surface area contributed by atoms with Gasteiger partial charge in [-0.2, -0.15) is 4.31 Å². The van der Waals surface area contributed by atoms with Gasteiger partial charge in [0.1, 0.15) is 0 Å². The zero-order valence-corrected chi connectivity index (χ0v) is 14.9. The van der Waals surface area contributed by atoms with Crippen LogP contribution in [0.25, 0.3) is 0 Å². The Morgan fingerprint density at radius 3 is 2.47 bits per heavy atom. The smallest absolute Gasteiger partial charge is 0.207 e. The van der Waals surface area contributed by atoms with Crippen LogP contribution in [0.5, 0.6) is 0 Å². The van der Waals surface area contributed by atoms with E-state index in [-0.39, 0.29) is 0 Å². The molecular formula is C12H14Br2ClNO2S. The second-order valence-corrected chi connectivity index (χ2v) is 8.42. The molecule has 0 bridgehead atoms. The summed E-state index contributed by atoms with van der Waals surface area (Å²) in [5.74, 6) is 0.573. The van der Waals surface area contributed by atoms with Crippen molar-refractivity contribution in [2.24, 2.45) is 5.92 Å². The number of sulfonamides is 1. The monoisotopic (exact) mass is 429 g/mol. The number of rotatable bonds is 3. The van der Waals surface area contributed by atoms with E-state index in [1.165, 1.54) is 0 Å². The van der Waals surface area contributed by atoms with Gasteiger partial charge in [0.2, 0.25) is 10.0 Å². The molecule has 1 fully saturated rings. The predicted molar refractivity (Wildman–Crippen MR) is 84.4 cm³/mol. The van der Waals surface area contributed by atoms with Gasteiger partial charge < -0.3 is 0 Å². The number of alkyl halides is 1. The first-order valence-corrected chi connectivity index (χ1v) is 9.69. The van der Waals surface area contributed by atoms with Gasteiger partial charge in [0.25, 0.3) is 0 Å². The van der Waals surface area contributed by atoms with E-state index in [1.807, 2.05) is 0 Å². The van der Waals surface area contributed by atoms with Crippen LogP contribution in [0.4, 0.5) is 0 Å². The van der Waals surface area contributed by atoms with Crippen LogP contribution in [0.15, 0.2) is 27.6 Å². The summed E-state index contributed by atoms with van der Waals surface area (Å²) in [6.45, 7) is 1.16. The minimum Gasteiger partial charge on any atom is -0.207 e. The van der Waals surface area contributed by atoms with E-state index in [0.29, 0.717) is 33.4 Å². The zero-order valence-electron chi connectivity index (χ0n) is 10.2. The standard InChI is InChI=1S/C12H14Br2ClNO2S/c13-8-9-3-5-16(6-4-9)19(17,18)10-1-2-12(15)11(14)7-10/h1-2,7,9H,3-6,8H2. The zero-order chi connectivity index (χ0) is 14.0. The molecule has 3 nitrogen and oxygen atoms in total. The highest BCUT2D eigenvalue weighted by Gasteiger charge is 2.29. The summed E-state index contributed by atoms with van der Waals surface area (Å²) in [5, 5.41) is 1.45. The van der Waals surface area contributed by atoms with Gasteiger partial charge in [0.15, 0.2) is 0 Å². The Balaban J connectivity index is 2.21. The molecule has 0 unspecified atom stereocenters. The number of benzene rings is 1. The molecule has 1 heterocycles. The van der Waals surface area contributed by atoms with Crippen molar-refractivity contribution in [2.75, 3.05) is 18.4 Å². The molecule has 106 valence electrons. The van der Waals surface area contributed by atoms with Gasteiger partial charge in [-0.15, -0.1) is 0 Å². The van der Waals surface area contributed by atoms with E-state index in [2.05, 4.69) is 31.9 Å². The highest BCUT2D eigenvalue weighted by atomic mass is 79.9. The van der Waals surface area contributed by atoms with E-state index >= 15 is 0 Å². The van der Waals surface area contributed by atoms with Crippen molar-refractivity contribution in [3.8, 4) is 0 Å². The van der Waals surface area contributed by atoms with E-state index in [4.69, 9.17) is 11.6 Å². The van der Waals surface area contributed by atoms with Crippen LogP contribution in [0, 0.1) is 5.92 Å². The summed E-state index contributed by atoms with van der Waals surface area (Å²) in [7, 11) is -3.40. The first kappa shape index (κ1) is 15.8. The first-order chi connectivity index (χ1) is 8.95. The van der Waals surface area contributed by atoms with Crippen molar-refractivity contribution < 1.29 is 8.42 Å². The lowest BCUT2D eigenvalue weighted by Crippen LogP contribution is -2.38. The summed E-state index contributed by atoms with van der Waals surface area (Å²) in [6.07, 6.45) is 1.80. The molecule has 1 aliphatic rings. The molecule has 0 amide bonds. The van der Waals surface area contributed by atoms with Crippen molar-refractivity contribution in [1.82, 2.24) is 4.31 Å². The summed E-state index contributed by atoms with van der Waals surface area (Å²) in [6, 6.07) is 4.72. The molecule has 0 aromatic heterocycles. The molecule has 1 aromatic carbocycles. The van der Waals surface area contributed by atoms with Crippen LogP contribution in [-0.2, 0) is 10.0 Å². The highest BCUT2D eigenvalue weighted by molar-refractivity contribution is 9.10. The Labute approximate surface area is 135 Å². The SMILES string of the molecule is O=S(=O)(c1ccc(Cl)c(Br)c1)N1CCC(CBr)CC1. The lowest BCUT2D eigenvalue weighted by atomic mass is 10.0. The normalized spacial score (nSPS) is 18.7. The lowest BCUT2D eigenvalue weighted by molar-refractivity contribution is 0.292. The fourth-order valence-electron chi connectivity index (χ4n) is 2.09. The number of halogens is 3. The topological polar surface area (TPSA) is 37.4 Å². The van der Waals surface area contributed by atoms with Gasteiger partial charge in [-0.25, -0.2) is 8.42 Å². The average molecular weight is 432 g/mol. The minimum atomic E-state index is -3.40. The third-order valence-electron chi connectivity index (χ3n) is 3.32. The van der Waals surface area contributed by atoms with Crippen LogP contribution in [0.3, 0.4) is 0 Å². The Kier molecular flexibility index (Phi) is 5.34. The van der Waals surface area contributed by atoms with Crippen molar-refractivity contribution >= 4 is 53.5 Å². The Hall–Kier alpha value is 0.380. The number of piperidine rings is 1. The quantitative estimate of drug-likeness (QED) is 0.681. The van der Waals surface area contributed by atoms with Crippen molar-refractivity contribution in [1.29, 1.82) is 0 Å². The summed E-state index contributed by atoms with van der Waals surface area (Å²) in [5.41, 5.74) is 0. The Morgan fingerprint density at radius 1 is 1.32 bits per heavy atom. The summed E-state index contributed by atoms with van der Waals surface area (Å²) >= 11 is 12.6. The van der Waals surface area contributed by atoms with E-state index in [0.717, 1.165) is 18.2 Å². The maximum Gasteiger partial charge on any atom is 0.243 e. The number of nitrogens with zero attached hydrogens (tertiary/aromatic N) is 1. The lowest BCUT2D eigenvalue weighted by Gasteiger charge is -2.30. The fraction of sp³-hybridized carbons (Fsp3) is 0.500. The van der Waals surface area contributed by atoms with E-state index in [1.54, 1.807) is 22.5 Å². The highest BCUT2D eigenvalue weighted by Crippen LogP contribution is 2.29. The van der Waals surface area contributed by atoms with Crippen LogP contribution in [0.2, 0.25) is 5.02 Å². The van der Waals surface area contributed by atoms with E-state index < -0.39 is 10.0 Å². The van der Waals surface area contributed by atoms with Gasteiger partial charge >= 0.3 is 0 Å². The molecule has 1 aromatic rings. The largest absolute Gasteiger partial charge is 0.243 e. The second-order valence-electron chi connectivity index (χ2n) is 4.58. The van der Waals surface area contributed by atoms with Crippen LogP contribution in [0.1, 0.15) is 12.8 Å². The van der Waals surface area contributed by atoms with Gasteiger partial charge in [-0.3, -0.25) is 0 Å². The number of hydrogen-bond donors (Lipinski definition) is 0. The first-order valence-electron chi connectivity index (χ1n) is 5.96. The molecular weight excluding hydrogens is 417 g/mol. The fourth-order valence-corrected chi connectivity index (χ4v) is 4.88. The van der Waals surface area contributed by atoms with Gasteiger partial charge in [-0.05, 0) is 52.9 Å². The molecule has 1 saturated heterocycles. The summed E-state index contributed by atoms with van der Waals surface area (Å²) in [4.78, 5) is 0.293. The van der Waals surface area contributed by atoms with Crippen LogP contribution < -0.4 is 0 Å². The van der Waals surface area contributed by atoms with Gasteiger partial charge in [0.05, 0.1) is 9.92 Å². The molecule has 0 atom stereocenters. The second kappa shape index (κ2) is 6.43. The average Bonchev–Trinajstić information content (AvgIpc) is 2.41. The molecule has 0 radical (unpaired) electrons. The van der Waals surface area contributed by atoms with Crippen molar-refractivity contribution in [2.45, 2.75) is 17.7 Å².